The quantitative estimate of drug-likeness (QED) is 0.303. The highest BCUT2D eigenvalue weighted by atomic mass is 16.5. The molecule has 0 spiro atoms. The number of carbonyl (C=O) groups excluding carboxylic acids is 1. The molecule has 0 saturated carbocycles. The van der Waals surface area contributed by atoms with Gasteiger partial charge in [0.1, 0.15) is 11.5 Å². The van der Waals surface area contributed by atoms with Crippen LogP contribution in [-0.4, -0.2) is 51.8 Å². The van der Waals surface area contributed by atoms with Crippen molar-refractivity contribution in [1.82, 2.24) is 24.6 Å². The van der Waals surface area contributed by atoms with Gasteiger partial charge in [0.2, 0.25) is 5.91 Å². The van der Waals surface area contributed by atoms with Crippen molar-refractivity contribution in [2.45, 2.75) is 6.54 Å². The predicted octanol–water partition coefficient (Wildman–Crippen LogP) is 4.46. The molecular weight excluding hydrogens is 494 g/mol. The van der Waals surface area contributed by atoms with Gasteiger partial charge in [0, 0.05) is 30.4 Å². The van der Waals surface area contributed by atoms with Crippen LogP contribution in [0.1, 0.15) is 11.4 Å². The van der Waals surface area contributed by atoms with Crippen molar-refractivity contribution in [3.05, 3.63) is 107 Å². The van der Waals surface area contributed by atoms with Gasteiger partial charge in [-0.05, 0) is 48.5 Å². The van der Waals surface area contributed by atoms with E-state index in [1.54, 1.807) is 50.2 Å². The minimum Gasteiger partial charge on any atom is -0.493 e. The average molecular weight is 522 g/mol. The molecule has 5 aromatic rings. The predicted molar refractivity (Wildman–Crippen MR) is 150 cm³/mol. The third-order valence-corrected chi connectivity index (χ3v) is 6.25. The van der Waals surface area contributed by atoms with E-state index in [1.807, 2.05) is 60.8 Å². The van der Waals surface area contributed by atoms with Gasteiger partial charge in [0.25, 0.3) is 5.56 Å². The SMILES string of the molecule is COc1ccc(-c2nn(-c3ccccc3)cc2C=CC(=O)N(C)Cc2nc3ccccc3c(=O)[nH]2)cc1OC. The van der Waals surface area contributed by atoms with Gasteiger partial charge >= 0.3 is 0 Å². The van der Waals surface area contributed by atoms with Crippen molar-refractivity contribution in [3.63, 3.8) is 0 Å². The monoisotopic (exact) mass is 521 g/mol. The normalized spacial score (nSPS) is 11.2. The second-order valence-corrected chi connectivity index (χ2v) is 8.84. The first-order valence-corrected chi connectivity index (χ1v) is 12.3. The number of benzene rings is 3. The second kappa shape index (κ2) is 11.1. The molecule has 2 aromatic heterocycles. The summed E-state index contributed by atoms with van der Waals surface area (Å²) in [5, 5.41) is 5.31. The summed E-state index contributed by atoms with van der Waals surface area (Å²) in [6.07, 6.45) is 5.08. The fourth-order valence-electron chi connectivity index (χ4n) is 4.23. The van der Waals surface area contributed by atoms with Crippen molar-refractivity contribution in [2.75, 3.05) is 21.3 Å². The molecule has 0 fully saturated rings. The number of amides is 1. The molecule has 196 valence electrons. The smallest absolute Gasteiger partial charge is 0.258 e. The van der Waals surface area contributed by atoms with Crippen molar-refractivity contribution in [3.8, 4) is 28.4 Å². The molecule has 5 rings (SSSR count). The molecule has 1 N–H and O–H groups in total. The number of likely N-dealkylation sites (N-methyl/N-ethyl adjacent to an activating group) is 1. The van der Waals surface area contributed by atoms with E-state index in [0.29, 0.717) is 33.9 Å². The van der Waals surface area contributed by atoms with E-state index in [4.69, 9.17) is 14.6 Å². The van der Waals surface area contributed by atoms with Crippen LogP contribution in [0.2, 0.25) is 0 Å². The van der Waals surface area contributed by atoms with Gasteiger partial charge in [-0.2, -0.15) is 5.10 Å². The Balaban J connectivity index is 1.44. The highest BCUT2D eigenvalue weighted by Gasteiger charge is 2.15. The number of hydrogen-bond donors (Lipinski definition) is 1. The number of rotatable bonds is 8. The summed E-state index contributed by atoms with van der Waals surface area (Å²) in [4.78, 5) is 34.2. The Kier molecular flexibility index (Phi) is 7.22. The van der Waals surface area contributed by atoms with Gasteiger partial charge in [-0.15, -0.1) is 0 Å². The van der Waals surface area contributed by atoms with Crippen LogP contribution in [0.3, 0.4) is 0 Å². The van der Waals surface area contributed by atoms with Gasteiger partial charge in [-0.1, -0.05) is 30.3 Å². The van der Waals surface area contributed by atoms with Crippen LogP contribution in [0.5, 0.6) is 11.5 Å². The van der Waals surface area contributed by atoms with Gasteiger partial charge in [-0.3, -0.25) is 9.59 Å². The Labute approximate surface area is 225 Å². The Morgan fingerprint density at radius 2 is 1.74 bits per heavy atom. The maximum Gasteiger partial charge on any atom is 0.258 e. The van der Waals surface area contributed by atoms with Crippen molar-refractivity contribution < 1.29 is 14.3 Å². The fraction of sp³-hybridized carbons (Fsp3) is 0.133. The summed E-state index contributed by atoms with van der Waals surface area (Å²) in [7, 11) is 4.82. The van der Waals surface area contributed by atoms with E-state index in [2.05, 4.69) is 9.97 Å². The minimum absolute atomic E-state index is 0.148. The number of nitrogens with one attached hydrogen (secondary N) is 1. The zero-order valence-electron chi connectivity index (χ0n) is 21.8. The lowest BCUT2D eigenvalue weighted by molar-refractivity contribution is -0.125. The number of para-hydroxylation sites is 2. The van der Waals surface area contributed by atoms with Crippen LogP contribution in [-0.2, 0) is 11.3 Å². The maximum atomic E-state index is 13.0. The Hall–Kier alpha value is -5.18. The molecule has 2 heterocycles. The molecule has 9 nitrogen and oxygen atoms in total. The second-order valence-electron chi connectivity index (χ2n) is 8.84. The van der Waals surface area contributed by atoms with Crippen molar-refractivity contribution >= 4 is 22.9 Å². The first-order chi connectivity index (χ1) is 19.0. The molecule has 1 amide bonds. The average Bonchev–Trinajstić information content (AvgIpc) is 3.40. The molecular formula is C30H27N5O4. The first-order valence-electron chi connectivity index (χ1n) is 12.3. The molecule has 39 heavy (non-hydrogen) atoms. The van der Waals surface area contributed by atoms with E-state index < -0.39 is 0 Å². The summed E-state index contributed by atoms with van der Waals surface area (Å²) < 4.78 is 12.6. The van der Waals surface area contributed by atoms with E-state index in [0.717, 1.165) is 16.8 Å². The molecule has 0 aliphatic carbocycles. The summed E-state index contributed by atoms with van der Waals surface area (Å²) in [5.41, 5.74) is 3.45. The van der Waals surface area contributed by atoms with Gasteiger partial charge in [0.15, 0.2) is 11.5 Å². The number of hydrogen-bond acceptors (Lipinski definition) is 6. The number of aromatic nitrogens is 4. The summed E-state index contributed by atoms with van der Waals surface area (Å²) in [5.74, 6) is 1.34. The molecule has 0 atom stereocenters. The van der Waals surface area contributed by atoms with Gasteiger partial charge in [0.05, 0.1) is 37.4 Å². The highest BCUT2D eigenvalue weighted by Crippen LogP contribution is 2.33. The van der Waals surface area contributed by atoms with E-state index in [-0.39, 0.29) is 18.0 Å². The summed E-state index contributed by atoms with van der Waals surface area (Å²) in [6.45, 7) is 0.148. The molecule has 0 unspecified atom stereocenters. The number of methoxy groups -OCH3 is 2. The maximum absolute atomic E-state index is 13.0. The molecule has 0 bridgehead atoms. The fourth-order valence-corrected chi connectivity index (χ4v) is 4.23. The zero-order chi connectivity index (χ0) is 27.4. The van der Waals surface area contributed by atoms with Crippen molar-refractivity contribution in [1.29, 1.82) is 0 Å². The number of carbonyl (C=O) groups is 1. The lowest BCUT2D eigenvalue weighted by atomic mass is 10.1. The molecule has 0 radical (unpaired) electrons. The Morgan fingerprint density at radius 3 is 2.51 bits per heavy atom. The topological polar surface area (TPSA) is 102 Å². The minimum atomic E-state index is -0.253. The molecule has 3 aromatic carbocycles. The van der Waals surface area contributed by atoms with E-state index in [1.165, 1.54) is 11.0 Å². The summed E-state index contributed by atoms with van der Waals surface area (Å²) in [6, 6.07) is 22.4. The first kappa shape index (κ1) is 25.5. The third kappa shape index (κ3) is 5.42. The number of ether oxygens (including phenoxy) is 2. The number of fused-ring (bicyclic) bond motifs is 1. The highest BCUT2D eigenvalue weighted by molar-refractivity contribution is 5.92. The van der Waals surface area contributed by atoms with Crippen LogP contribution in [0, 0.1) is 0 Å². The molecule has 0 aliphatic rings. The van der Waals surface area contributed by atoms with E-state index >= 15 is 0 Å². The number of aromatic amines is 1. The van der Waals surface area contributed by atoms with Gasteiger partial charge in [-0.25, -0.2) is 9.67 Å². The number of H-pyrrole nitrogens is 1. The van der Waals surface area contributed by atoms with Gasteiger partial charge < -0.3 is 19.4 Å². The van der Waals surface area contributed by atoms with Crippen LogP contribution in [0.25, 0.3) is 33.9 Å². The third-order valence-electron chi connectivity index (χ3n) is 6.25. The zero-order valence-corrected chi connectivity index (χ0v) is 21.8. The largest absolute Gasteiger partial charge is 0.493 e. The summed E-state index contributed by atoms with van der Waals surface area (Å²) >= 11 is 0. The lowest BCUT2D eigenvalue weighted by Gasteiger charge is -2.14. The Bertz CT molecular complexity index is 1720. The molecule has 0 saturated heterocycles. The van der Waals surface area contributed by atoms with Crippen LogP contribution in [0.4, 0.5) is 0 Å². The van der Waals surface area contributed by atoms with Crippen molar-refractivity contribution in [2.24, 2.45) is 0 Å². The standard InChI is InChI=1S/C30H27N5O4/c1-34(19-27-31-24-12-8-7-11-23(24)30(37)32-27)28(36)16-14-21-18-35(22-9-5-4-6-10-22)33-29(21)20-13-15-25(38-2)26(17-20)39-3/h4-18H,19H2,1-3H3,(H,31,32,37). The lowest BCUT2D eigenvalue weighted by Crippen LogP contribution is -2.26. The molecule has 9 heteroatoms. The Morgan fingerprint density at radius 1 is 1.00 bits per heavy atom. The van der Waals surface area contributed by atoms with E-state index in [9.17, 15) is 9.59 Å². The number of nitrogens with zero attached hydrogens (tertiary/aromatic N) is 4. The van der Waals surface area contributed by atoms with Crippen LogP contribution < -0.4 is 15.0 Å². The van der Waals surface area contributed by atoms with Crippen LogP contribution >= 0.6 is 0 Å². The van der Waals surface area contributed by atoms with Crippen LogP contribution in [0.15, 0.2) is 89.9 Å². The molecule has 0 aliphatic heterocycles.